The van der Waals surface area contributed by atoms with Gasteiger partial charge in [0.25, 0.3) is 0 Å². The van der Waals surface area contributed by atoms with E-state index in [4.69, 9.17) is 4.74 Å². The Bertz CT molecular complexity index is 281. The van der Waals surface area contributed by atoms with Crippen molar-refractivity contribution in [2.75, 3.05) is 19.8 Å². The number of hydrogen-bond donors (Lipinski definition) is 1. The van der Waals surface area contributed by atoms with Gasteiger partial charge in [-0.1, -0.05) is 6.92 Å². The van der Waals surface area contributed by atoms with Gasteiger partial charge in [-0.25, -0.2) is 0 Å². The third kappa shape index (κ3) is 4.00. The lowest BCUT2D eigenvalue weighted by Gasteiger charge is -2.27. The molecule has 1 aliphatic rings. The number of hydrogen-bond acceptors (Lipinski definition) is 3. The van der Waals surface area contributed by atoms with Crippen LogP contribution in [0.1, 0.15) is 33.6 Å². The summed E-state index contributed by atoms with van der Waals surface area (Å²) in [5.41, 5.74) is 0. The van der Waals surface area contributed by atoms with Gasteiger partial charge in [0.2, 0.25) is 11.8 Å². The number of nitrogens with one attached hydrogen (secondary N) is 1. The van der Waals surface area contributed by atoms with E-state index in [-0.39, 0.29) is 17.9 Å². The van der Waals surface area contributed by atoms with Gasteiger partial charge in [0.1, 0.15) is 6.04 Å². The van der Waals surface area contributed by atoms with Crippen molar-refractivity contribution in [3.8, 4) is 0 Å². The third-order valence-corrected chi connectivity index (χ3v) is 2.87. The first-order valence-electron chi connectivity index (χ1n) is 6.23. The summed E-state index contributed by atoms with van der Waals surface area (Å²) >= 11 is 0. The van der Waals surface area contributed by atoms with Crippen LogP contribution in [-0.4, -0.2) is 48.6 Å². The number of nitrogens with zero attached hydrogens (tertiary/aromatic N) is 1. The summed E-state index contributed by atoms with van der Waals surface area (Å²) in [5.74, 6) is -0.0845. The quantitative estimate of drug-likeness (QED) is 0.716. The Morgan fingerprint density at radius 1 is 1.35 bits per heavy atom. The summed E-state index contributed by atoms with van der Waals surface area (Å²) in [6, 6.07) is -0.490. The molecule has 0 aromatic carbocycles. The van der Waals surface area contributed by atoms with E-state index in [1.807, 2.05) is 13.8 Å². The van der Waals surface area contributed by atoms with Crippen molar-refractivity contribution < 1.29 is 14.3 Å². The SMILES string of the molecule is CCCOCCN1C(=O)C(C)NC(=O)CC1C. The van der Waals surface area contributed by atoms with Gasteiger partial charge in [0.15, 0.2) is 0 Å². The molecule has 1 fully saturated rings. The Kier molecular flexibility index (Phi) is 5.41. The molecular weight excluding hydrogens is 220 g/mol. The molecule has 0 saturated carbocycles. The van der Waals surface area contributed by atoms with Gasteiger partial charge in [-0.2, -0.15) is 0 Å². The maximum Gasteiger partial charge on any atom is 0.245 e. The van der Waals surface area contributed by atoms with Gasteiger partial charge in [0, 0.05) is 25.6 Å². The molecule has 2 atom stereocenters. The van der Waals surface area contributed by atoms with Gasteiger partial charge < -0.3 is 15.0 Å². The molecule has 5 heteroatoms. The predicted octanol–water partition coefficient (Wildman–Crippen LogP) is 0.539. The van der Waals surface area contributed by atoms with E-state index in [0.717, 1.165) is 6.42 Å². The Balaban J connectivity index is 2.53. The normalized spacial score (nSPS) is 25.7. The van der Waals surface area contributed by atoms with Crippen LogP contribution in [0.3, 0.4) is 0 Å². The smallest absolute Gasteiger partial charge is 0.245 e. The maximum absolute atomic E-state index is 12.0. The van der Waals surface area contributed by atoms with Crippen molar-refractivity contribution in [3.05, 3.63) is 0 Å². The van der Waals surface area contributed by atoms with E-state index >= 15 is 0 Å². The Labute approximate surface area is 102 Å². The fraction of sp³-hybridized carbons (Fsp3) is 0.833. The zero-order valence-corrected chi connectivity index (χ0v) is 10.9. The minimum atomic E-state index is -0.432. The Hall–Kier alpha value is -1.10. The molecule has 1 heterocycles. The van der Waals surface area contributed by atoms with Crippen molar-refractivity contribution in [2.24, 2.45) is 0 Å². The number of carbonyl (C=O) groups is 2. The van der Waals surface area contributed by atoms with Crippen LogP contribution in [0, 0.1) is 0 Å². The number of rotatable bonds is 5. The van der Waals surface area contributed by atoms with E-state index in [9.17, 15) is 9.59 Å². The van der Waals surface area contributed by atoms with E-state index in [1.54, 1.807) is 11.8 Å². The lowest BCUT2D eigenvalue weighted by molar-refractivity contribution is -0.135. The first kappa shape index (κ1) is 14.0. The van der Waals surface area contributed by atoms with Crippen LogP contribution in [-0.2, 0) is 14.3 Å². The lowest BCUT2D eigenvalue weighted by Crippen LogP contribution is -2.46. The van der Waals surface area contributed by atoms with Crippen molar-refractivity contribution >= 4 is 11.8 Å². The highest BCUT2D eigenvalue weighted by Crippen LogP contribution is 2.10. The second kappa shape index (κ2) is 6.59. The molecule has 0 aliphatic carbocycles. The fourth-order valence-electron chi connectivity index (χ4n) is 1.95. The zero-order chi connectivity index (χ0) is 12.8. The molecule has 0 bridgehead atoms. The average Bonchev–Trinajstić information content (AvgIpc) is 2.35. The highest BCUT2D eigenvalue weighted by molar-refractivity contribution is 5.90. The Morgan fingerprint density at radius 3 is 2.71 bits per heavy atom. The van der Waals surface area contributed by atoms with E-state index in [1.165, 1.54) is 0 Å². The molecule has 1 N–H and O–H groups in total. The van der Waals surface area contributed by atoms with E-state index in [0.29, 0.717) is 26.2 Å². The molecule has 1 rings (SSSR count). The lowest BCUT2D eigenvalue weighted by atomic mass is 10.2. The summed E-state index contributed by atoms with van der Waals surface area (Å²) in [5, 5.41) is 2.68. The van der Waals surface area contributed by atoms with Gasteiger partial charge in [0.05, 0.1) is 6.61 Å². The van der Waals surface area contributed by atoms with Crippen molar-refractivity contribution in [2.45, 2.75) is 45.7 Å². The van der Waals surface area contributed by atoms with E-state index < -0.39 is 6.04 Å². The van der Waals surface area contributed by atoms with Crippen LogP contribution in [0.15, 0.2) is 0 Å². The van der Waals surface area contributed by atoms with Crippen LogP contribution in [0.25, 0.3) is 0 Å². The second-order valence-corrected chi connectivity index (χ2v) is 4.49. The average molecular weight is 242 g/mol. The highest BCUT2D eigenvalue weighted by Gasteiger charge is 2.30. The summed E-state index contributed by atoms with van der Waals surface area (Å²) < 4.78 is 5.39. The zero-order valence-electron chi connectivity index (χ0n) is 10.9. The largest absolute Gasteiger partial charge is 0.380 e. The van der Waals surface area contributed by atoms with Crippen LogP contribution in [0.2, 0.25) is 0 Å². The standard InChI is InChI=1S/C12H22N2O3/c1-4-6-17-7-5-14-9(2)8-11(15)13-10(3)12(14)16/h9-10H,4-8H2,1-3H3,(H,13,15). The Morgan fingerprint density at radius 2 is 2.06 bits per heavy atom. The van der Waals surface area contributed by atoms with Gasteiger partial charge >= 0.3 is 0 Å². The third-order valence-electron chi connectivity index (χ3n) is 2.87. The molecular formula is C12H22N2O3. The molecule has 2 amide bonds. The highest BCUT2D eigenvalue weighted by atomic mass is 16.5. The molecule has 0 aromatic rings. The van der Waals surface area contributed by atoms with E-state index in [2.05, 4.69) is 5.32 Å². The fourth-order valence-corrected chi connectivity index (χ4v) is 1.95. The minimum Gasteiger partial charge on any atom is -0.380 e. The molecule has 1 saturated heterocycles. The number of amides is 2. The summed E-state index contributed by atoms with van der Waals surface area (Å²) in [6.07, 6.45) is 1.34. The van der Waals surface area contributed by atoms with Crippen LogP contribution in [0.4, 0.5) is 0 Å². The first-order valence-corrected chi connectivity index (χ1v) is 6.23. The van der Waals surface area contributed by atoms with Crippen molar-refractivity contribution in [1.29, 1.82) is 0 Å². The molecule has 0 radical (unpaired) electrons. The maximum atomic E-state index is 12.0. The predicted molar refractivity (Wildman–Crippen MR) is 64.5 cm³/mol. The molecule has 5 nitrogen and oxygen atoms in total. The second-order valence-electron chi connectivity index (χ2n) is 4.49. The van der Waals surface area contributed by atoms with Crippen molar-refractivity contribution in [3.63, 3.8) is 0 Å². The van der Waals surface area contributed by atoms with Gasteiger partial charge in [-0.3, -0.25) is 9.59 Å². The minimum absolute atomic E-state index is 0.0246. The number of ether oxygens (including phenoxy) is 1. The first-order chi connectivity index (χ1) is 8.06. The molecule has 17 heavy (non-hydrogen) atoms. The summed E-state index contributed by atoms with van der Waals surface area (Å²) in [7, 11) is 0. The summed E-state index contributed by atoms with van der Waals surface area (Å²) in [4.78, 5) is 25.2. The van der Waals surface area contributed by atoms with Crippen molar-refractivity contribution in [1.82, 2.24) is 10.2 Å². The van der Waals surface area contributed by atoms with Crippen LogP contribution >= 0.6 is 0 Å². The summed E-state index contributed by atoms with van der Waals surface area (Å²) in [6.45, 7) is 7.46. The molecule has 98 valence electrons. The molecule has 0 spiro atoms. The molecule has 2 unspecified atom stereocenters. The molecule has 0 aromatic heterocycles. The van der Waals surface area contributed by atoms with Crippen LogP contribution in [0.5, 0.6) is 0 Å². The molecule has 1 aliphatic heterocycles. The van der Waals surface area contributed by atoms with Gasteiger partial charge in [-0.05, 0) is 20.3 Å². The topological polar surface area (TPSA) is 58.6 Å². The number of carbonyl (C=O) groups excluding carboxylic acids is 2. The van der Waals surface area contributed by atoms with Gasteiger partial charge in [-0.15, -0.1) is 0 Å². The van der Waals surface area contributed by atoms with Crippen LogP contribution < -0.4 is 5.32 Å². The monoisotopic (exact) mass is 242 g/mol.